The van der Waals surface area contributed by atoms with E-state index >= 15 is 0 Å². The fourth-order valence-corrected chi connectivity index (χ4v) is 3.84. The number of carbonyl (C=O) groups excluding carboxylic acids is 1. The van der Waals surface area contributed by atoms with Crippen molar-refractivity contribution in [3.63, 3.8) is 0 Å². The Morgan fingerprint density at radius 3 is 2.29 bits per heavy atom. The fourth-order valence-electron chi connectivity index (χ4n) is 3.84. The summed E-state index contributed by atoms with van der Waals surface area (Å²) in [6.07, 6.45) is 0.785. The van der Waals surface area contributed by atoms with E-state index in [1.807, 2.05) is 29.2 Å². The summed E-state index contributed by atoms with van der Waals surface area (Å²) < 4.78 is 37.3. The number of ether oxygens (including phenoxy) is 1. The number of carboxylic acid groups (broad SMARTS) is 1. The number of carboxylic acids is 1. The number of alkyl halides is 3. The van der Waals surface area contributed by atoms with Crippen molar-refractivity contribution in [2.45, 2.75) is 44.3 Å². The molecule has 3 rings (SSSR count). The van der Waals surface area contributed by atoms with Gasteiger partial charge < -0.3 is 20.1 Å². The lowest BCUT2D eigenvalue weighted by Crippen LogP contribution is -2.51. The lowest BCUT2D eigenvalue weighted by molar-refractivity contribution is -0.192. The molecule has 1 amide bonds. The molecule has 2 fully saturated rings. The number of para-hydroxylation sites is 2. The van der Waals surface area contributed by atoms with E-state index in [0.29, 0.717) is 12.6 Å². The highest BCUT2D eigenvalue weighted by molar-refractivity contribution is 5.96. The number of nitrogens with zero attached hydrogens (tertiary/aromatic N) is 2. The Labute approximate surface area is 180 Å². The van der Waals surface area contributed by atoms with Crippen molar-refractivity contribution >= 4 is 17.6 Å². The van der Waals surface area contributed by atoms with Crippen LogP contribution in [0.1, 0.15) is 32.1 Å². The highest BCUT2D eigenvalue weighted by Gasteiger charge is 2.38. The zero-order valence-corrected chi connectivity index (χ0v) is 17.7. The molecule has 0 atom stereocenters. The van der Waals surface area contributed by atoms with Gasteiger partial charge in [0.15, 0.2) is 0 Å². The zero-order valence-electron chi connectivity index (χ0n) is 17.7. The second kappa shape index (κ2) is 11.9. The molecule has 0 aromatic heterocycles. The quantitative estimate of drug-likeness (QED) is 0.726. The Bertz CT molecular complexity index is 718. The third kappa shape index (κ3) is 7.70. The van der Waals surface area contributed by atoms with E-state index in [4.69, 9.17) is 14.6 Å². The molecule has 0 bridgehead atoms. The molecule has 1 saturated carbocycles. The number of hydrogen-bond acceptors (Lipinski definition) is 5. The third-order valence-electron chi connectivity index (χ3n) is 5.36. The second-order valence-corrected chi connectivity index (χ2v) is 7.56. The first-order chi connectivity index (χ1) is 14.7. The number of rotatable bonds is 5. The number of hydrogen-bond donors (Lipinski definition) is 2. The minimum absolute atomic E-state index is 0.202. The predicted molar refractivity (Wildman–Crippen MR) is 110 cm³/mol. The molecule has 10 heteroatoms. The van der Waals surface area contributed by atoms with Gasteiger partial charge in [0.2, 0.25) is 5.91 Å². The Morgan fingerprint density at radius 1 is 1.16 bits per heavy atom. The summed E-state index contributed by atoms with van der Waals surface area (Å²) in [5.74, 6) is -1.77. The molecule has 1 aromatic carbocycles. The maximum atomic E-state index is 13.2. The molecule has 1 heterocycles. The van der Waals surface area contributed by atoms with E-state index in [2.05, 4.69) is 10.2 Å². The zero-order chi connectivity index (χ0) is 22.9. The van der Waals surface area contributed by atoms with Crippen molar-refractivity contribution in [3.05, 3.63) is 24.3 Å². The maximum absolute atomic E-state index is 13.2. The van der Waals surface area contributed by atoms with Crippen LogP contribution in [0, 0.1) is 0 Å². The van der Waals surface area contributed by atoms with Crippen LogP contribution >= 0.6 is 0 Å². The Morgan fingerprint density at radius 2 is 1.74 bits per heavy atom. The minimum Gasteiger partial charge on any atom is -0.495 e. The molecule has 0 unspecified atom stereocenters. The van der Waals surface area contributed by atoms with E-state index in [1.165, 1.54) is 19.3 Å². The lowest BCUT2D eigenvalue weighted by Gasteiger charge is -2.37. The summed E-state index contributed by atoms with van der Waals surface area (Å²) in [5.41, 5.74) is 0.923. The maximum Gasteiger partial charge on any atom is 0.490 e. The van der Waals surface area contributed by atoms with Gasteiger partial charge in [-0.3, -0.25) is 9.69 Å². The first-order valence-corrected chi connectivity index (χ1v) is 10.4. The summed E-state index contributed by atoms with van der Waals surface area (Å²) in [7, 11) is 1.68. The van der Waals surface area contributed by atoms with Crippen molar-refractivity contribution in [2.24, 2.45) is 0 Å². The Balaban J connectivity index is 0.000000423. The Kier molecular flexibility index (Phi) is 9.57. The van der Waals surface area contributed by atoms with E-state index < -0.39 is 12.1 Å². The molecule has 1 aromatic rings. The topological polar surface area (TPSA) is 82.1 Å². The molecule has 31 heavy (non-hydrogen) atoms. The van der Waals surface area contributed by atoms with Gasteiger partial charge in [0, 0.05) is 32.2 Å². The number of methoxy groups -OCH3 is 1. The van der Waals surface area contributed by atoms with Gasteiger partial charge in [-0.2, -0.15) is 13.2 Å². The van der Waals surface area contributed by atoms with Crippen LogP contribution in [-0.4, -0.2) is 73.9 Å². The number of carbonyl (C=O) groups is 2. The van der Waals surface area contributed by atoms with Crippen molar-refractivity contribution in [1.82, 2.24) is 10.2 Å². The molecule has 0 spiro atoms. The molecular weight excluding hydrogens is 415 g/mol. The number of amides is 1. The fraction of sp³-hybridized carbons (Fsp3) is 0.619. The standard InChI is InChI=1S/C19H29N3O2.C2HF3O2/c1-24-18-10-6-5-9-17(18)22(16-7-3-2-4-8-16)19(23)15-21-13-11-20-12-14-21;3-2(4,5)1(6)7/h5-6,9-10,16,20H,2-4,7-8,11-15H2,1H3;(H,6,7). The number of nitrogens with one attached hydrogen (secondary N) is 1. The van der Waals surface area contributed by atoms with Gasteiger partial charge in [-0.05, 0) is 25.0 Å². The molecular formula is C21H30F3N3O4. The van der Waals surface area contributed by atoms with E-state index in [1.54, 1.807) is 7.11 Å². The summed E-state index contributed by atoms with van der Waals surface area (Å²) in [4.78, 5) is 26.4. The lowest BCUT2D eigenvalue weighted by atomic mass is 9.93. The molecule has 174 valence electrons. The van der Waals surface area contributed by atoms with Crippen molar-refractivity contribution in [3.8, 4) is 5.75 Å². The van der Waals surface area contributed by atoms with Crippen molar-refractivity contribution in [1.29, 1.82) is 0 Å². The highest BCUT2D eigenvalue weighted by atomic mass is 19.4. The van der Waals surface area contributed by atoms with Gasteiger partial charge in [0.05, 0.1) is 19.3 Å². The van der Waals surface area contributed by atoms with Crippen LogP contribution in [0.3, 0.4) is 0 Å². The molecule has 1 saturated heterocycles. The molecule has 1 aliphatic heterocycles. The summed E-state index contributed by atoms with van der Waals surface area (Å²) in [5, 5.41) is 10.5. The van der Waals surface area contributed by atoms with Crippen LogP contribution in [-0.2, 0) is 9.59 Å². The van der Waals surface area contributed by atoms with Gasteiger partial charge in [0.1, 0.15) is 5.75 Å². The molecule has 1 aliphatic carbocycles. The van der Waals surface area contributed by atoms with Gasteiger partial charge in [0.25, 0.3) is 0 Å². The number of anilines is 1. The monoisotopic (exact) mass is 445 g/mol. The van der Waals surface area contributed by atoms with Crippen LogP contribution in [0.4, 0.5) is 18.9 Å². The van der Waals surface area contributed by atoms with Gasteiger partial charge in [-0.1, -0.05) is 31.4 Å². The molecule has 0 radical (unpaired) electrons. The number of aliphatic carboxylic acids is 1. The molecule has 2 N–H and O–H groups in total. The third-order valence-corrected chi connectivity index (χ3v) is 5.36. The van der Waals surface area contributed by atoms with Gasteiger partial charge in [-0.25, -0.2) is 4.79 Å². The van der Waals surface area contributed by atoms with Crippen LogP contribution in [0.2, 0.25) is 0 Å². The van der Waals surface area contributed by atoms with Crippen LogP contribution in [0.5, 0.6) is 5.75 Å². The van der Waals surface area contributed by atoms with Crippen LogP contribution in [0.25, 0.3) is 0 Å². The first-order valence-electron chi connectivity index (χ1n) is 10.4. The average Bonchev–Trinajstić information content (AvgIpc) is 2.75. The number of halogens is 3. The smallest absolute Gasteiger partial charge is 0.490 e. The Hall–Kier alpha value is -2.33. The van der Waals surface area contributed by atoms with E-state index in [0.717, 1.165) is 50.5 Å². The van der Waals surface area contributed by atoms with E-state index in [-0.39, 0.29) is 5.91 Å². The predicted octanol–water partition coefficient (Wildman–Crippen LogP) is 2.90. The largest absolute Gasteiger partial charge is 0.495 e. The van der Waals surface area contributed by atoms with Crippen molar-refractivity contribution < 1.29 is 32.6 Å². The highest BCUT2D eigenvalue weighted by Crippen LogP contribution is 2.34. The average molecular weight is 445 g/mol. The summed E-state index contributed by atoms with van der Waals surface area (Å²) >= 11 is 0. The normalized spacial score (nSPS) is 17.9. The second-order valence-electron chi connectivity index (χ2n) is 7.56. The van der Waals surface area contributed by atoms with Gasteiger partial charge >= 0.3 is 12.1 Å². The summed E-state index contributed by atoms with van der Waals surface area (Å²) in [6.45, 7) is 4.30. The SMILES string of the molecule is COc1ccccc1N(C(=O)CN1CCNCC1)C1CCCCC1.O=C(O)C(F)(F)F. The first kappa shape index (κ1) is 24.9. The molecule has 2 aliphatic rings. The van der Waals surface area contributed by atoms with Crippen molar-refractivity contribution in [2.75, 3.05) is 44.7 Å². The number of piperazine rings is 1. The minimum atomic E-state index is -5.08. The van der Waals surface area contributed by atoms with Crippen LogP contribution in [0.15, 0.2) is 24.3 Å². The van der Waals surface area contributed by atoms with E-state index in [9.17, 15) is 18.0 Å². The molecule has 7 nitrogen and oxygen atoms in total. The van der Waals surface area contributed by atoms with Gasteiger partial charge in [-0.15, -0.1) is 0 Å². The summed E-state index contributed by atoms with van der Waals surface area (Å²) in [6, 6.07) is 8.21. The van der Waals surface area contributed by atoms with Crippen LogP contribution < -0.4 is 15.0 Å². The number of benzene rings is 1.